The first-order valence-corrected chi connectivity index (χ1v) is 7.80. The second-order valence-electron chi connectivity index (χ2n) is 4.09. The van der Waals surface area contributed by atoms with E-state index >= 15 is 0 Å². The van der Waals surface area contributed by atoms with Crippen molar-refractivity contribution in [2.45, 2.75) is 16.8 Å². The van der Waals surface area contributed by atoms with Gasteiger partial charge in [-0.25, -0.2) is 0 Å². The van der Waals surface area contributed by atoms with Crippen LogP contribution >= 0.6 is 39.0 Å². The van der Waals surface area contributed by atoms with E-state index < -0.39 is 0 Å². The molecule has 2 aromatic rings. The molecule has 1 atom stereocenters. The Bertz CT molecular complexity index is 522. The monoisotopic (exact) mass is 300 g/mol. The molecule has 1 nitrogen and oxygen atoms in total. The largest absolute Gasteiger partial charge is 0.299 e. The summed E-state index contributed by atoms with van der Waals surface area (Å²) in [7, 11) is 0. The predicted octanol–water partition coefficient (Wildman–Crippen LogP) is 3.40. The number of benzene rings is 1. The number of rotatable bonds is 1. The fourth-order valence-electron chi connectivity index (χ4n) is 1.95. The van der Waals surface area contributed by atoms with Crippen molar-refractivity contribution in [3.8, 4) is 0 Å². The molecular weight excluding hydrogens is 290 g/mol. The summed E-state index contributed by atoms with van der Waals surface area (Å²) >= 11 is 7.53. The highest BCUT2D eigenvalue weighted by molar-refractivity contribution is 9.09. The highest BCUT2D eigenvalue weighted by Gasteiger charge is 2.45. The number of nitrogens with zero attached hydrogens (tertiary/aromatic N) is 1. The van der Waals surface area contributed by atoms with Gasteiger partial charge in [0.05, 0.1) is 11.1 Å². The minimum Gasteiger partial charge on any atom is -0.169 e. The lowest BCUT2D eigenvalue weighted by molar-refractivity contribution is -0.749. The molecule has 0 fully saturated rings. The van der Waals surface area contributed by atoms with E-state index in [2.05, 4.69) is 51.7 Å². The molecule has 1 aromatic heterocycles. The first kappa shape index (κ1) is 10.1. The van der Waals surface area contributed by atoms with Crippen LogP contribution in [0.25, 0.3) is 10.2 Å². The van der Waals surface area contributed by atoms with Crippen molar-refractivity contribution in [3.05, 3.63) is 24.3 Å². The van der Waals surface area contributed by atoms with Gasteiger partial charge in [-0.05, 0) is 17.8 Å². The summed E-state index contributed by atoms with van der Waals surface area (Å²) < 4.78 is 5.33. The van der Waals surface area contributed by atoms with Gasteiger partial charge in [0.2, 0.25) is 5.52 Å². The molecule has 0 amide bonds. The zero-order valence-electron chi connectivity index (χ0n) is 8.37. The Kier molecular flexibility index (Phi) is 2.34. The topological polar surface area (TPSA) is 3.88 Å². The average molecular weight is 301 g/mol. The van der Waals surface area contributed by atoms with Gasteiger partial charge >= 0.3 is 0 Å². The summed E-state index contributed by atoms with van der Waals surface area (Å²) in [6.45, 7) is 2.32. The number of thiazole rings is 1. The summed E-state index contributed by atoms with van der Waals surface area (Å²) in [6, 6.07) is 8.67. The van der Waals surface area contributed by atoms with Crippen LogP contribution in [-0.2, 0) is 5.54 Å². The zero-order valence-corrected chi connectivity index (χ0v) is 11.6. The summed E-state index contributed by atoms with van der Waals surface area (Å²) in [5.74, 6) is 1.18. The van der Waals surface area contributed by atoms with Gasteiger partial charge in [0, 0.05) is 13.0 Å². The van der Waals surface area contributed by atoms with Gasteiger partial charge in [0.15, 0.2) is 5.54 Å². The number of halogens is 1. The molecule has 15 heavy (non-hydrogen) atoms. The standard InChI is InChI=1S/C11H11BrNS2/c1-11(6-12)7-14-10-13(11)8-4-2-3-5-9(8)15-10/h2-5H,6-7H2,1H3/q+1/t11-/m0/s1. The molecule has 0 saturated heterocycles. The number of hydrogen-bond donors (Lipinski definition) is 0. The van der Waals surface area contributed by atoms with Crippen molar-refractivity contribution in [2.75, 3.05) is 11.1 Å². The third-order valence-corrected chi connectivity index (χ3v) is 6.75. The molecule has 0 N–H and O–H groups in total. The second-order valence-corrected chi connectivity index (χ2v) is 6.90. The molecule has 3 rings (SSSR count). The van der Waals surface area contributed by atoms with Gasteiger partial charge in [0.25, 0.3) is 4.34 Å². The SMILES string of the molecule is C[C@]1(CBr)CSc2sc3ccccc3[n+]21. The first-order valence-electron chi connectivity index (χ1n) is 4.87. The van der Waals surface area contributed by atoms with E-state index in [-0.39, 0.29) is 5.54 Å². The van der Waals surface area contributed by atoms with Crippen molar-refractivity contribution in [3.63, 3.8) is 0 Å². The van der Waals surface area contributed by atoms with Crippen LogP contribution in [0.3, 0.4) is 0 Å². The Morgan fingerprint density at radius 2 is 2.27 bits per heavy atom. The molecule has 1 aliphatic rings. The van der Waals surface area contributed by atoms with E-state index in [1.54, 1.807) is 0 Å². The number of fused-ring (bicyclic) bond motifs is 3. The smallest absolute Gasteiger partial charge is 0.169 e. The van der Waals surface area contributed by atoms with E-state index in [1.165, 1.54) is 20.3 Å². The minimum absolute atomic E-state index is 0.236. The van der Waals surface area contributed by atoms with Crippen molar-refractivity contribution in [1.82, 2.24) is 0 Å². The quantitative estimate of drug-likeness (QED) is 0.577. The predicted molar refractivity (Wildman–Crippen MR) is 70.2 cm³/mol. The molecular formula is C11H11BrNS2+. The van der Waals surface area contributed by atoms with Gasteiger partial charge in [-0.15, -0.1) is 0 Å². The molecule has 78 valence electrons. The average Bonchev–Trinajstić information content (AvgIpc) is 2.78. The summed E-state index contributed by atoms with van der Waals surface area (Å²) in [6.07, 6.45) is 0. The van der Waals surface area contributed by atoms with Crippen molar-refractivity contribution in [2.24, 2.45) is 0 Å². The van der Waals surface area contributed by atoms with Gasteiger partial charge in [-0.3, -0.25) is 0 Å². The Morgan fingerprint density at radius 1 is 1.47 bits per heavy atom. The lowest BCUT2D eigenvalue weighted by Gasteiger charge is -2.13. The van der Waals surface area contributed by atoms with Crippen LogP contribution in [0.2, 0.25) is 0 Å². The van der Waals surface area contributed by atoms with E-state index in [1.807, 2.05) is 23.1 Å². The van der Waals surface area contributed by atoms with Crippen molar-refractivity contribution < 1.29 is 4.57 Å². The fourth-order valence-corrected chi connectivity index (χ4v) is 5.47. The number of aromatic nitrogens is 1. The lowest BCUT2D eigenvalue weighted by atomic mass is 10.1. The molecule has 1 aromatic carbocycles. The van der Waals surface area contributed by atoms with Gasteiger partial charge < -0.3 is 0 Å². The number of para-hydroxylation sites is 1. The van der Waals surface area contributed by atoms with E-state index in [4.69, 9.17) is 0 Å². The molecule has 0 radical (unpaired) electrons. The van der Waals surface area contributed by atoms with E-state index in [0.717, 1.165) is 5.33 Å². The highest BCUT2D eigenvalue weighted by Crippen LogP contribution is 2.39. The van der Waals surface area contributed by atoms with Crippen LogP contribution in [0.15, 0.2) is 28.6 Å². The van der Waals surface area contributed by atoms with Crippen LogP contribution in [0, 0.1) is 0 Å². The highest BCUT2D eigenvalue weighted by atomic mass is 79.9. The number of thioether (sulfide) groups is 1. The van der Waals surface area contributed by atoms with Gasteiger partial charge in [-0.1, -0.05) is 39.4 Å². The summed E-state index contributed by atoms with van der Waals surface area (Å²) in [5.41, 5.74) is 1.61. The molecule has 0 bridgehead atoms. The number of hydrogen-bond acceptors (Lipinski definition) is 2. The van der Waals surface area contributed by atoms with Gasteiger partial charge in [-0.2, -0.15) is 4.57 Å². The molecule has 0 spiro atoms. The maximum Gasteiger partial charge on any atom is 0.299 e. The van der Waals surface area contributed by atoms with Crippen LogP contribution in [0.5, 0.6) is 0 Å². The van der Waals surface area contributed by atoms with Crippen LogP contribution < -0.4 is 4.57 Å². The zero-order chi connectivity index (χ0) is 10.5. The first-order chi connectivity index (χ1) is 7.24. The molecule has 0 saturated carbocycles. The maximum atomic E-state index is 3.64. The normalized spacial score (nSPS) is 24.7. The number of alkyl halides is 1. The van der Waals surface area contributed by atoms with Crippen molar-refractivity contribution in [1.29, 1.82) is 0 Å². The maximum absolute atomic E-state index is 3.64. The molecule has 2 heterocycles. The van der Waals surface area contributed by atoms with Crippen molar-refractivity contribution >= 4 is 49.2 Å². The molecule has 0 unspecified atom stereocenters. The Morgan fingerprint density at radius 3 is 3.07 bits per heavy atom. The minimum atomic E-state index is 0.236. The van der Waals surface area contributed by atoms with E-state index in [0.29, 0.717) is 0 Å². The molecule has 1 aliphatic heterocycles. The summed E-state index contributed by atoms with van der Waals surface area (Å²) in [5, 5.41) is 1.02. The van der Waals surface area contributed by atoms with Crippen LogP contribution in [0.4, 0.5) is 0 Å². The Labute approximate surface area is 106 Å². The lowest BCUT2D eigenvalue weighted by Crippen LogP contribution is -2.54. The van der Waals surface area contributed by atoms with Crippen LogP contribution in [-0.4, -0.2) is 11.1 Å². The van der Waals surface area contributed by atoms with Crippen LogP contribution in [0.1, 0.15) is 6.92 Å². The third kappa shape index (κ3) is 1.38. The molecule has 4 heteroatoms. The van der Waals surface area contributed by atoms with Gasteiger partial charge in [0.1, 0.15) is 4.70 Å². The fraction of sp³-hybridized carbons (Fsp3) is 0.364. The third-order valence-electron chi connectivity index (χ3n) is 2.82. The second kappa shape index (κ2) is 3.47. The molecule has 0 aliphatic carbocycles. The Hall–Kier alpha value is -0.0600. The summed E-state index contributed by atoms with van der Waals surface area (Å²) in [4.78, 5) is 0. The Balaban J connectivity index is 2.34. The van der Waals surface area contributed by atoms with E-state index in [9.17, 15) is 0 Å².